The molecule has 1 aliphatic rings. The highest BCUT2D eigenvalue weighted by Crippen LogP contribution is 2.38. The van der Waals surface area contributed by atoms with E-state index >= 15 is 0 Å². The highest BCUT2D eigenvalue weighted by atomic mass is 19.4. The zero-order valence-corrected chi connectivity index (χ0v) is 14.6. The SMILES string of the molecule is FC(F)(F)c1cnc(N[C@H]2CCCCNC2)nc1-c1c[nH]c2ccccc12. The Labute approximate surface area is 154 Å². The average Bonchev–Trinajstić information content (AvgIpc) is 2.91. The van der Waals surface area contributed by atoms with Crippen LogP contribution in [0.2, 0.25) is 0 Å². The van der Waals surface area contributed by atoms with Crippen molar-refractivity contribution in [2.24, 2.45) is 0 Å². The van der Waals surface area contributed by atoms with E-state index in [9.17, 15) is 13.2 Å². The highest BCUT2D eigenvalue weighted by Gasteiger charge is 2.36. The van der Waals surface area contributed by atoms with Crippen LogP contribution in [0, 0.1) is 0 Å². The van der Waals surface area contributed by atoms with Gasteiger partial charge in [-0.15, -0.1) is 0 Å². The van der Waals surface area contributed by atoms with Crippen LogP contribution in [0.4, 0.5) is 19.1 Å². The van der Waals surface area contributed by atoms with E-state index in [0.29, 0.717) is 10.9 Å². The first-order valence-corrected chi connectivity index (χ1v) is 9.00. The van der Waals surface area contributed by atoms with E-state index in [1.807, 2.05) is 12.1 Å². The van der Waals surface area contributed by atoms with Crippen molar-refractivity contribution in [3.05, 3.63) is 42.2 Å². The lowest BCUT2D eigenvalue weighted by Crippen LogP contribution is -2.31. The van der Waals surface area contributed by atoms with Gasteiger partial charge in [0, 0.05) is 41.4 Å². The molecule has 0 amide bonds. The summed E-state index contributed by atoms with van der Waals surface area (Å²) in [4.78, 5) is 11.2. The number of rotatable bonds is 3. The molecule has 0 saturated carbocycles. The number of halogens is 3. The minimum Gasteiger partial charge on any atom is -0.360 e. The minimum absolute atomic E-state index is 0.0973. The monoisotopic (exact) mass is 375 g/mol. The molecule has 3 aromatic rings. The lowest BCUT2D eigenvalue weighted by Gasteiger charge is -2.18. The summed E-state index contributed by atoms with van der Waals surface area (Å²) >= 11 is 0. The van der Waals surface area contributed by atoms with Crippen molar-refractivity contribution in [2.45, 2.75) is 31.5 Å². The summed E-state index contributed by atoms with van der Waals surface area (Å²) < 4.78 is 40.7. The van der Waals surface area contributed by atoms with E-state index in [1.54, 1.807) is 18.3 Å². The fourth-order valence-electron chi connectivity index (χ4n) is 3.46. The van der Waals surface area contributed by atoms with Gasteiger partial charge in [0.05, 0.1) is 5.69 Å². The molecule has 2 aromatic heterocycles. The van der Waals surface area contributed by atoms with Crippen molar-refractivity contribution >= 4 is 16.9 Å². The number of alkyl halides is 3. The van der Waals surface area contributed by atoms with Crippen molar-refractivity contribution in [3.63, 3.8) is 0 Å². The molecule has 3 heterocycles. The van der Waals surface area contributed by atoms with Crippen molar-refractivity contribution in [1.29, 1.82) is 0 Å². The molecule has 0 bridgehead atoms. The molecule has 1 atom stereocenters. The van der Waals surface area contributed by atoms with Gasteiger partial charge in [-0.25, -0.2) is 9.97 Å². The standard InChI is InChI=1S/C19H20F3N5/c20-19(21,22)15-11-25-18(26-12-5-3-4-8-23-9-12)27-17(15)14-10-24-16-7-2-1-6-13(14)16/h1-2,6-7,10-12,23-24H,3-5,8-9H2,(H,25,26,27)/t12-/m0/s1. The third kappa shape index (κ3) is 3.75. The lowest BCUT2D eigenvalue weighted by molar-refractivity contribution is -0.137. The first kappa shape index (κ1) is 17.8. The van der Waals surface area contributed by atoms with E-state index in [1.165, 1.54) is 0 Å². The molecule has 5 nitrogen and oxygen atoms in total. The summed E-state index contributed by atoms with van der Waals surface area (Å²) in [7, 11) is 0. The largest absolute Gasteiger partial charge is 0.419 e. The van der Waals surface area contributed by atoms with Gasteiger partial charge < -0.3 is 15.6 Å². The van der Waals surface area contributed by atoms with Crippen LogP contribution >= 0.6 is 0 Å². The number of fused-ring (bicyclic) bond motifs is 1. The number of aromatic amines is 1. The molecule has 0 aliphatic carbocycles. The molecule has 3 N–H and O–H groups in total. The molecular weight excluding hydrogens is 355 g/mol. The molecule has 142 valence electrons. The maximum absolute atomic E-state index is 13.6. The number of benzene rings is 1. The number of para-hydroxylation sites is 1. The fourth-order valence-corrected chi connectivity index (χ4v) is 3.46. The van der Waals surface area contributed by atoms with Gasteiger partial charge in [-0.05, 0) is 25.5 Å². The van der Waals surface area contributed by atoms with Gasteiger partial charge in [-0.1, -0.05) is 24.6 Å². The Hall–Kier alpha value is -2.61. The van der Waals surface area contributed by atoms with Gasteiger partial charge in [-0.3, -0.25) is 0 Å². The van der Waals surface area contributed by atoms with Gasteiger partial charge in [-0.2, -0.15) is 13.2 Å². The lowest BCUT2D eigenvalue weighted by atomic mass is 10.1. The predicted octanol–water partition coefficient (Wildman–Crippen LogP) is 4.20. The number of hydrogen-bond donors (Lipinski definition) is 3. The molecule has 0 spiro atoms. The van der Waals surface area contributed by atoms with E-state index in [2.05, 4.69) is 25.6 Å². The zero-order chi connectivity index (χ0) is 18.9. The predicted molar refractivity (Wildman–Crippen MR) is 98.5 cm³/mol. The molecular formula is C19H20F3N5. The summed E-state index contributed by atoms with van der Waals surface area (Å²) in [5, 5.41) is 7.20. The summed E-state index contributed by atoms with van der Waals surface area (Å²) in [6.07, 6.45) is 0.985. The summed E-state index contributed by atoms with van der Waals surface area (Å²) in [6, 6.07) is 7.33. The summed E-state index contributed by atoms with van der Waals surface area (Å²) in [5.74, 6) is 0.219. The van der Waals surface area contributed by atoms with Gasteiger partial charge in [0.15, 0.2) is 0 Å². The Kier molecular flexibility index (Phi) is 4.73. The molecule has 1 saturated heterocycles. The van der Waals surface area contributed by atoms with Crippen LogP contribution in [0.1, 0.15) is 24.8 Å². The second kappa shape index (κ2) is 7.19. The fraction of sp³-hybridized carbons (Fsp3) is 0.368. The smallest absolute Gasteiger partial charge is 0.360 e. The molecule has 4 rings (SSSR count). The van der Waals surface area contributed by atoms with E-state index in [-0.39, 0.29) is 17.7 Å². The third-order valence-corrected chi connectivity index (χ3v) is 4.82. The Balaban J connectivity index is 1.75. The number of hydrogen-bond acceptors (Lipinski definition) is 4. The molecule has 0 radical (unpaired) electrons. The van der Waals surface area contributed by atoms with Crippen LogP contribution < -0.4 is 10.6 Å². The molecule has 1 aromatic carbocycles. The van der Waals surface area contributed by atoms with Crippen LogP contribution in [0.5, 0.6) is 0 Å². The van der Waals surface area contributed by atoms with Gasteiger partial charge in [0.25, 0.3) is 0 Å². The molecule has 1 aliphatic heterocycles. The number of H-pyrrole nitrogens is 1. The number of nitrogens with zero attached hydrogens (tertiary/aromatic N) is 2. The van der Waals surface area contributed by atoms with Crippen LogP contribution in [-0.4, -0.2) is 34.1 Å². The summed E-state index contributed by atoms with van der Waals surface area (Å²) in [5.41, 5.74) is 0.236. The Morgan fingerprint density at radius 3 is 2.85 bits per heavy atom. The molecule has 8 heteroatoms. The second-order valence-electron chi connectivity index (χ2n) is 6.74. The first-order valence-electron chi connectivity index (χ1n) is 9.00. The number of nitrogens with one attached hydrogen (secondary N) is 3. The topological polar surface area (TPSA) is 65.6 Å². The maximum atomic E-state index is 13.6. The molecule has 27 heavy (non-hydrogen) atoms. The van der Waals surface area contributed by atoms with Crippen molar-refractivity contribution in [3.8, 4) is 11.3 Å². The van der Waals surface area contributed by atoms with Gasteiger partial charge >= 0.3 is 6.18 Å². The zero-order valence-electron chi connectivity index (χ0n) is 14.6. The van der Waals surface area contributed by atoms with Gasteiger partial charge in [0.2, 0.25) is 5.95 Å². The van der Waals surface area contributed by atoms with Crippen molar-refractivity contribution in [1.82, 2.24) is 20.3 Å². The quantitative estimate of drug-likeness (QED) is 0.642. The van der Waals surface area contributed by atoms with Crippen LogP contribution in [-0.2, 0) is 6.18 Å². The van der Waals surface area contributed by atoms with Gasteiger partial charge in [0.1, 0.15) is 5.56 Å². The van der Waals surface area contributed by atoms with Crippen molar-refractivity contribution in [2.75, 3.05) is 18.4 Å². The molecule has 1 fully saturated rings. The third-order valence-electron chi connectivity index (χ3n) is 4.82. The first-order chi connectivity index (χ1) is 13.0. The van der Waals surface area contributed by atoms with Crippen LogP contribution in [0.15, 0.2) is 36.7 Å². The summed E-state index contributed by atoms with van der Waals surface area (Å²) in [6.45, 7) is 1.69. The number of aromatic nitrogens is 3. The maximum Gasteiger partial charge on any atom is 0.419 e. The molecule has 0 unspecified atom stereocenters. The van der Waals surface area contributed by atoms with E-state index in [0.717, 1.165) is 44.1 Å². The van der Waals surface area contributed by atoms with Crippen LogP contribution in [0.25, 0.3) is 22.2 Å². The number of anilines is 1. The van der Waals surface area contributed by atoms with E-state index < -0.39 is 11.7 Å². The van der Waals surface area contributed by atoms with E-state index in [4.69, 9.17) is 0 Å². The Morgan fingerprint density at radius 2 is 2.00 bits per heavy atom. The normalized spacial score (nSPS) is 18.4. The van der Waals surface area contributed by atoms with Crippen molar-refractivity contribution < 1.29 is 13.2 Å². The van der Waals surface area contributed by atoms with Crippen LogP contribution in [0.3, 0.4) is 0 Å². The Morgan fingerprint density at radius 1 is 1.15 bits per heavy atom. The Bertz CT molecular complexity index is 926. The highest BCUT2D eigenvalue weighted by molar-refractivity contribution is 5.95. The average molecular weight is 375 g/mol. The minimum atomic E-state index is -4.53. The second-order valence-corrected chi connectivity index (χ2v) is 6.74.